The fourth-order valence-electron chi connectivity index (χ4n) is 3.30. The molecule has 0 saturated carbocycles. The summed E-state index contributed by atoms with van der Waals surface area (Å²) in [7, 11) is 0. The molecule has 2 heterocycles. The first-order chi connectivity index (χ1) is 11.8. The van der Waals surface area contributed by atoms with Crippen molar-refractivity contribution in [3.63, 3.8) is 0 Å². The van der Waals surface area contributed by atoms with Crippen molar-refractivity contribution in [1.82, 2.24) is 15.2 Å². The fraction of sp³-hybridized carbons (Fsp3) is 0.450. The highest BCUT2D eigenvalue weighted by molar-refractivity contribution is 5.40. The maximum atomic E-state index is 5.92. The lowest BCUT2D eigenvalue weighted by molar-refractivity contribution is 0.230. The van der Waals surface area contributed by atoms with Crippen LogP contribution in [0.3, 0.4) is 0 Å². The van der Waals surface area contributed by atoms with Gasteiger partial charge in [-0.25, -0.2) is 0 Å². The second kappa shape index (κ2) is 8.27. The summed E-state index contributed by atoms with van der Waals surface area (Å²) in [6, 6.07) is 12.8. The monoisotopic (exact) mass is 325 g/mol. The summed E-state index contributed by atoms with van der Waals surface area (Å²) in [6.45, 7) is 8.96. The van der Waals surface area contributed by atoms with E-state index in [-0.39, 0.29) is 6.04 Å². The second-order valence-corrected chi connectivity index (χ2v) is 6.27. The van der Waals surface area contributed by atoms with Crippen LogP contribution < -0.4 is 10.1 Å². The van der Waals surface area contributed by atoms with Gasteiger partial charge in [-0.1, -0.05) is 24.3 Å². The molecule has 0 spiro atoms. The van der Waals surface area contributed by atoms with Crippen LogP contribution in [0, 0.1) is 6.92 Å². The molecule has 1 aliphatic rings. The van der Waals surface area contributed by atoms with Crippen LogP contribution in [-0.2, 0) is 0 Å². The SMILES string of the molecule is CCOc1ccccc1C(c1ccc(C)cn1)N1CCCNCC1. The number of ether oxygens (including phenoxy) is 1. The molecule has 1 aromatic carbocycles. The van der Waals surface area contributed by atoms with Gasteiger partial charge in [0.2, 0.25) is 0 Å². The lowest BCUT2D eigenvalue weighted by Crippen LogP contribution is -2.33. The molecular formula is C20H27N3O. The fourth-order valence-corrected chi connectivity index (χ4v) is 3.30. The lowest BCUT2D eigenvalue weighted by Gasteiger charge is -2.31. The minimum Gasteiger partial charge on any atom is -0.494 e. The van der Waals surface area contributed by atoms with Crippen LogP contribution >= 0.6 is 0 Å². The quantitative estimate of drug-likeness (QED) is 0.916. The number of para-hydroxylation sites is 1. The Balaban J connectivity index is 2.02. The highest BCUT2D eigenvalue weighted by atomic mass is 16.5. The van der Waals surface area contributed by atoms with Crippen molar-refractivity contribution in [3.8, 4) is 5.75 Å². The van der Waals surface area contributed by atoms with Crippen LogP contribution in [-0.4, -0.2) is 42.7 Å². The molecule has 0 bridgehead atoms. The van der Waals surface area contributed by atoms with E-state index in [1.807, 2.05) is 19.2 Å². The maximum Gasteiger partial charge on any atom is 0.124 e. The van der Waals surface area contributed by atoms with Crippen molar-refractivity contribution in [2.75, 3.05) is 32.8 Å². The lowest BCUT2D eigenvalue weighted by atomic mass is 9.99. The normalized spacial score (nSPS) is 17.2. The average molecular weight is 325 g/mol. The van der Waals surface area contributed by atoms with Gasteiger partial charge in [-0.2, -0.15) is 0 Å². The zero-order valence-corrected chi connectivity index (χ0v) is 14.7. The van der Waals surface area contributed by atoms with E-state index in [9.17, 15) is 0 Å². The Labute approximate surface area is 144 Å². The van der Waals surface area contributed by atoms with Crippen LogP contribution in [0.5, 0.6) is 5.75 Å². The molecule has 1 N–H and O–H groups in total. The van der Waals surface area contributed by atoms with E-state index < -0.39 is 0 Å². The summed E-state index contributed by atoms with van der Waals surface area (Å²) in [5.41, 5.74) is 3.49. The number of benzene rings is 1. The maximum absolute atomic E-state index is 5.92. The molecule has 1 aliphatic heterocycles. The molecule has 1 atom stereocenters. The first kappa shape index (κ1) is 16.9. The van der Waals surface area contributed by atoms with Crippen molar-refractivity contribution in [1.29, 1.82) is 0 Å². The molecular weight excluding hydrogens is 298 g/mol. The summed E-state index contributed by atoms with van der Waals surface area (Å²) in [4.78, 5) is 7.27. The number of pyridine rings is 1. The van der Waals surface area contributed by atoms with Crippen molar-refractivity contribution >= 4 is 0 Å². The number of rotatable bonds is 5. The van der Waals surface area contributed by atoms with E-state index in [1.54, 1.807) is 0 Å². The van der Waals surface area contributed by atoms with Gasteiger partial charge in [0.1, 0.15) is 5.75 Å². The van der Waals surface area contributed by atoms with Crippen LogP contribution in [0.25, 0.3) is 0 Å². The molecule has 4 nitrogen and oxygen atoms in total. The van der Waals surface area contributed by atoms with Gasteiger partial charge in [0.25, 0.3) is 0 Å². The number of aryl methyl sites for hydroxylation is 1. The summed E-state index contributed by atoms with van der Waals surface area (Å²) in [6.07, 6.45) is 3.11. The van der Waals surface area contributed by atoms with E-state index in [0.29, 0.717) is 6.61 Å². The molecule has 128 valence electrons. The molecule has 1 aromatic heterocycles. The van der Waals surface area contributed by atoms with E-state index >= 15 is 0 Å². The number of aromatic nitrogens is 1. The molecule has 2 aromatic rings. The highest BCUT2D eigenvalue weighted by Crippen LogP contribution is 2.34. The topological polar surface area (TPSA) is 37.4 Å². The Hall–Kier alpha value is -1.91. The third-order valence-corrected chi connectivity index (χ3v) is 4.47. The largest absolute Gasteiger partial charge is 0.494 e. The molecule has 0 aliphatic carbocycles. The van der Waals surface area contributed by atoms with Crippen LogP contribution in [0.1, 0.15) is 36.2 Å². The van der Waals surface area contributed by atoms with Crippen LogP contribution in [0.15, 0.2) is 42.6 Å². The number of nitrogens with zero attached hydrogens (tertiary/aromatic N) is 2. The van der Waals surface area contributed by atoms with E-state index in [4.69, 9.17) is 9.72 Å². The zero-order valence-electron chi connectivity index (χ0n) is 14.7. The number of nitrogens with one attached hydrogen (secondary N) is 1. The molecule has 1 unspecified atom stereocenters. The molecule has 3 rings (SSSR count). The minimum atomic E-state index is 0.133. The minimum absolute atomic E-state index is 0.133. The summed E-state index contributed by atoms with van der Waals surface area (Å²) < 4.78 is 5.92. The Morgan fingerprint density at radius 2 is 2.04 bits per heavy atom. The van der Waals surface area contributed by atoms with Crippen LogP contribution in [0.4, 0.5) is 0 Å². The van der Waals surface area contributed by atoms with Gasteiger partial charge in [0.05, 0.1) is 18.3 Å². The zero-order chi connectivity index (χ0) is 16.8. The van der Waals surface area contributed by atoms with Crippen molar-refractivity contribution in [2.45, 2.75) is 26.3 Å². The molecule has 1 fully saturated rings. The van der Waals surface area contributed by atoms with Gasteiger partial charge in [-0.3, -0.25) is 9.88 Å². The highest BCUT2D eigenvalue weighted by Gasteiger charge is 2.26. The van der Waals surface area contributed by atoms with Gasteiger partial charge >= 0.3 is 0 Å². The predicted octanol–water partition coefficient (Wildman–Crippen LogP) is 3.17. The summed E-state index contributed by atoms with van der Waals surface area (Å²) in [5.74, 6) is 0.963. The standard InChI is InChI=1S/C20H27N3O/c1-3-24-19-8-5-4-7-17(19)20(18-10-9-16(2)15-22-18)23-13-6-11-21-12-14-23/h4-5,7-10,15,20-21H,3,6,11-14H2,1-2H3. The average Bonchev–Trinajstić information content (AvgIpc) is 2.88. The molecule has 1 saturated heterocycles. The number of hydrogen-bond acceptors (Lipinski definition) is 4. The summed E-state index contributed by atoms with van der Waals surface area (Å²) in [5, 5.41) is 3.49. The molecule has 4 heteroatoms. The smallest absolute Gasteiger partial charge is 0.124 e. The first-order valence-corrected chi connectivity index (χ1v) is 8.88. The van der Waals surface area contributed by atoms with Crippen LogP contribution in [0.2, 0.25) is 0 Å². The van der Waals surface area contributed by atoms with E-state index in [1.165, 1.54) is 11.1 Å². The van der Waals surface area contributed by atoms with Crippen molar-refractivity contribution < 1.29 is 4.74 Å². The molecule has 0 radical (unpaired) electrons. The van der Waals surface area contributed by atoms with Gasteiger partial charge in [-0.15, -0.1) is 0 Å². The van der Waals surface area contributed by atoms with Gasteiger partial charge < -0.3 is 10.1 Å². The third kappa shape index (κ3) is 3.94. The predicted molar refractivity (Wildman–Crippen MR) is 97.5 cm³/mol. The van der Waals surface area contributed by atoms with E-state index in [0.717, 1.165) is 44.0 Å². The third-order valence-electron chi connectivity index (χ3n) is 4.47. The Morgan fingerprint density at radius 3 is 2.83 bits per heavy atom. The van der Waals surface area contributed by atoms with Gasteiger partial charge in [0.15, 0.2) is 0 Å². The van der Waals surface area contributed by atoms with Crippen molar-refractivity contribution in [3.05, 3.63) is 59.4 Å². The van der Waals surface area contributed by atoms with E-state index in [2.05, 4.69) is 47.5 Å². The Bertz CT molecular complexity index is 634. The van der Waals surface area contributed by atoms with Gasteiger partial charge in [-0.05, 0) is 44.5 Å². The number of hydrogen-bond donors (Lipinski definition) is 1. The van der Waals surface area contributed by atoms with Gasteiger partial charge in [0, 0.05) is 31.4 Å². The Kier molecular flexibility index (Phi) is 5.83. The summed E-state index contributed by atoms with van der Waals surface area (Å²) >= 11 is 0. The molecule has 0 amide bonds. The molecule has 24 heavy (non-hydrogen) atoms. The second-order valence-electron chi connectivity index (χ2n) is 6.27. The van der Waals surface area contributed by atoms with Crippen molar-refractivity contribution in [2.24, 2.45) is 0 Å². The first-order valence-electron chi connectivity index (χ1n) is 8.88. The Morgan fingerprint density at radius 1 is 1.17 bits per heavy atom.